The molecule has 0 amide bonds. The second-order valence-electron chi connectivity index (χ2n) is 4.55. The number of H-pyrrole nitrogens is 1. The lowest BCUT2D eigenvalue weighted by Gasteiger charge is -2.08. The zero-order valence-electron chi connectivity index (χ0n) is 11.9. The predicted molar refractivity (Wildman–Crippen MR) is 79.0 cm³/mol. The Morgan fingerprint density at radius 2 is 1.43 bits per heavy atom. The molecular weight excluding hydrogens is 286 g/mol. The highest BCUT2D eigenvalue weighted by molar-refractivity contribution is 5.87. The summed E-state index contributed by atoms with van der Waals surface area (Å²) in [7, 11) is 3.29. The zero-order chi connectivity index (χ0) is 13.9. The molecule has 1 aromatic heterocycles. The molecule has 0 aliphatic carbocycles. The topological polar surface area (TPSA) is 32.6 Å². The molecule has 0 fully saturated rings. The van der Waals surface area contributed by atoms with E-state index in [1.54, 1.807) is 14.2 Å². The van der Waals surface area contributed by atoms with Crippen LogP contribution in [0.3, 0.4) is 0 Å². The molecule has 108 valence electrons. The van der Waals surface area contributed by atoms with Crippen LogP contribution in [0.2, 0.25) is 0 Å². The number of pyridine rings is 1. The number of nitrogens with one attached hydrogen (secondary N) is 1. The summed E-state index contributed by atoms with van der Waals surface area (Å²) in [5, 5.41) is 2.20. The van der Waals surface area contributed by atoms with Gasteiger partial charge in [0, 0.05) is 17.0 Å². The van der Waals surface area contributed by atoms with Gasteiger partial charge in [-0.25, -0.2) is 4.98 Å². The van der Waals surface area contributed by atoms with Gasteiger partial charge < -0.3 is 21.9 Å². The van der Waals surface area contributed by atoms with Gasteiger partial charge in [0.15, 0.2) is 17.7 Å². The van der Waals surface area contributed by atoms with E-state index in [0.717, 1.165) is 33.5 Å². The molecule has 0 radical (unpaired) electrons. The standard InChI is InChI=1S/C17H15NO2.ClH/c1-19-16-9-13-8-15(12-6-4-3-5-7-12)18-11-14(13)10-17(16)20-2;/h3-11H,1-2H3;1H. The first-order chi connectivity index (χ1) is 9.81. The molecule has 0 saturated carbocycles. The second-order valence-corrected chi connectivity index (χ2v) is 4.55. The molecule has 3 nitrogen and oxygen atoms in total. The van der Waals surface area contributed by atoms with Crippen molar-refractivity contribution in [1.82, 2.24) is 0 Å². The van der Waals surface area contributed by atoms with Gasteiger partial charge in [0.1, 0.15) is 0 Å². The number of ether oxygens (including phenoxy) is 2. The lowest BCUT2D eigenvalue weighted by atomic mass is 10.1. The average molecular weight is 302 g/mol. The van der Waals surface area contributed by atoms with E-state index < -0.39 is 0 Å². The average Bonchev–Trinajstić information content (AvgIpc) is 2.53. The maximum absolute atomic E-state index is 5.35. The highest BCUT2D eigenvalue weighted by atomic mass is 35.5. The lowest BCUT2D eigenvalue weighted by molar-refractivity contribution is -0.362. The van der Waals surface area contributed by atoms with E-state index in [0.29, 0.717) is 0 Å². The maximum atomic E-state index is 5.35. The minimum atomic E-state index is 0. The minimum absolute atomic E-state index is 0. The molecule has 2 aromatic carbocycles. The molecule has 0 unspecified atom stereocenters. The van der Waals surface area contributed by atoms with Crippen LogP contribution in [0, 0.1) is 0 Å². The number of aromatic nitrogens is 1. The van der Waals surface area contributed by atoms with Crippen LogP contribution in [-0.2, 0) is 0 Å². The summed E-state index contributed by atoms with van der Waals surface area (Å²) in [4.78, 5) is 3.32. The van der Waals surface area contributed by atoms with Crippen molar-refractivity contribution in [3.05, 3.63) is 54.7 Å². The molecule has 0 spiro atoms. The highest BCUT2D eigenvalue weighted by Gasteiger charge is 2.11. The van der Waals surface area contributed by atoms with Crippen molar-refractivity contribution in [2.75, 3.05) is 14.2 Å². The number of fused-ring (bicyclic) bond motifs is 1. The fourth-order valence-corrected chi connectivity index (χ4v) is 2.30. The van der Waals surface area contributed by atoms with E-state index in [4.69, 9.17) is 9.47 Å². The first-order valence-electron chi connectivity index (χ1n) is 6.44. The van der Waals surface area contributed by atoms with E-state index in [1.807, 2.05) is 36.5 Å². The second kappa shape index (κ2) is 6.46. The van der Waals surface area contributed by atoms with E-state index in [1.165, 1.54) is 0 Å². The summed E-state index contributed by atoms with van der Waals surface area (Å²) >= 11 is 0. The molecule has 3 rings (SSSR count). The normalized spacial score (nSPS) is 10.0. The predicted octanol–water partition coefficient (Wildman–Crippen LogP) is 0.342. The van der Waals surface area contributed by atoms with Crippen LogP contribution in [0.25, 0.3) is 22.0 Å². The summed E-state index contributed by atoms with van der Waals surface area (Å²) in [5.41, 5.74) is 2.23. The van der Waals surface area contributed by atoms with Gasteiger partial charge in [-0.2, -0.15) is 0 Å². The maximum Gasteiger partial charge on any atom is 0.211 e. The Balaban J connectivity index is 0.00000161. The zero-order valence-corrected chi connectivity index (χ0v) is 12.6. The van der Waals surface area contributed by atoms with E-state index >= 15 is 0 Å². The number of aromatic amines is 1. The quantitative estimate of drug-likeness (QED) is 0.699. The number of benzene rings is 2. The molecule has 0 aliphatic rings. The van der Waals surface area contributed by atoms with Gasteiger partial charge in [0.05, 0.1) is 14.2 Å². The Bertz CT molecular complexity index is 744. The van der Waals surface area contributed by atoms with Crippen LogP contribution in [0.1, 0.15) is 0 Å². The Morgan fingerprint density at radius 1 is 0.810 bits per heavy atom. The number of methoxy groups -OCH3 is 2. The molecule has 4 heteroatoms. The Hall–Kier alpha value is -2.26. The van der Waals surface area contributed by atoms with Gasteiger partial charge in [-0.05, 0) is 29.7 Å². The third kappa shape index (κ3) is 2.93. The number of hydrogen-bond acceptors (Lipinski definition) is 2. The minimum Gasteiger partial charge on any atom is -1.00 e. The van der Waals surface area contributed by atoms with Gasteiger partial charge in [0.2, 0.25) is 5.69 Å². The molecule has 0 atom stereocenters. The van der Waals surface area contributed by atoms with Gasteiger partial charge in [-0.15, -0.1) is 0 Å². The molecule has 3 aromatic rings. The van der Waals surface area contributed by atoms with Crippen molar-refractivity contribution < 1.29 is 26.9 Å². The lowest BCUT2D eigenvalue weighted by Crippen LogP contribution is -3.00. The molecule has 1 N–H and O–H groups in total. The van der Waals surface area contributed by atoms with Gasteiger partial charge in [-0.1, -0.05) is 18.2 Å². The number of hydrogen-bond donors (Lipinski definition) is 0. The summed E-state index contributed by atoms with van der Waals surface area (Å²) in [6.07, 6.45) is 1.99. The Labute approximate surface area is 129 Å². The van der Waals surface area contributed by atoms with Crippen LogP contribution < -0.4 is 26.9 Å². The van der Waals surface area contributed by atoms with Crippen LogP contribution in [0.5, 0.6) is 11.5 Å². The van der Waals surface area contributed by atoms with Crippen LogP contribution in [-0.4, -0.2) is 14.2 Å². The summed E-state index contributed by atoms with van der Waals surface area (Å²) in [6.45, 7) is 0. The van der Waals surface area contributed by atoms with Gasteiger partial charge >= 0.3 is 0 Å². The summed E-state index contributed by atoms with van der Waals surface area (Å²) in [6, 6.07) is 16.3. The molecule has 0 bridgehead atoms. The van der Waals surface area contributed by atoms with Crippen LogP contribution in [0.15, 0.2) is 54.7 Å². The fraction of sp³-hybridized carbons (Fsp3) is 0.118. The van der Waals surface area contributed by atoms with Crippen molar-refractivity contribution in [3.8, 4) is 22.8 Å². The monoisotopic (exact) mass is 301 g/mol. The van der Waals surface area contributed by atoms with E-state index in [-0.39, 0.29) is 12.4 Å². The number of halogens is 1. The molecule has 1 heterocycles. The first kappa shape index (κ1) is 15.1. The van der Waals surface area contributed by atoms with Crippen molar-refractivity contribution in [3.63, 3.8) is 0 Å². The third-order valence-electron chi connectivity index (χ3n) is 3.36. The smallest absolute Gasteiger partial charge is 0.211 e. The van der Waals surface area contributed by atoms with Crippen LogP contribution in [0.4, 0.5) is 0 Å². The SMILES string of the molecule is COc1cc2c[nH+]c(-c3ccccc3)cc2cc1OC.[Cl-]. The summed E-state index contributed by atoms with van der Waals surface area (Å²) in [5.74, 6) is 1.48. The molecule has 21 heavy (non-hydrogen) atoms. The Kier molecular flexibility index (Phi) is 4.66. The molecule has 0 saturated heterocycles. The fourth-order valence-electron chi connectivity index (χ4n) is 2.30. The van der Waals surface area contributed by atoms with Crippen molar-refractivity contribution in [1.29, 1.82) is 0 Å². The summed E-state index contributed by atoms with van der Waals surface area (Å²) < 4.78 is 10.7. The van der Waals surface area contributed by atoms with Gasteiger partial charge in [-0.3, -0.25) is 0 Å². The van der Waals surface area contributed by atoms with Crippen molar-refractivity contribution in [2.24, 2.45) is 0 Å². The molecular formula is C17H16ClNO2. The van der Waals surface area contributed by atoms with E-state index in [9.17, 15) is 0 Å². The van der Waals surface area contributed by atoms with Crippen LogP contribution >= 0.6 is 0 Å². The number of rotatable bonds is 3. The van der Waals surface area contributed by atoms with Crippen molar-refractivity contribution in [2.45, 2.75) is 0 Å². The third-order valence-corrected chi connectivity index (χ3v) is 3.36. The Morgan fingerprint density at radius 3 is 2.05 bits per heavy atom. The van der Waals surface area contributed by atoms with Gasteiger partial charge in [0.25, 0.3) is 0 Å². The highest BCUT2D eigenvalue weighted by Crippen LogP contribution is 2.32. The largest absolute Gasteiger partial charge is 1.00 e. The van der Waals surface area contributed by atoms with Crippen molar-refractivity contribution >= 4 is 10.8 Å². The van der Waals surface area contributed by atoms with E-state index in [2.05, 4.69) is 23.2 Å². The molecule has 0 aliphatic heterocycles. The first-order valence-corrected chi connectivity index (χ1v) is 6.44.